The van der Waals surface area contributed by atoms with E-state index in [0.29, 0.717) is 19.1 Å². The van der Waals surface area contributed by atoms with Crippen molar-refractivity contribution in [2.75, 3.05) is 19.6 Å². The Morgan fingerprint density at radius 2 is 1.78 bits per heavy atom. The van der Waals surface area contributed by atoms with E-state index in [9.17, 15) is 5.11 Å². The highest BCUT2D eigenvalue weighted by Gasteiger charge is 2.23. The third kappa shape index (κ3) is 4.79. The third-order valence-corrected chi connectivity index (χ3v) is 4.21. The Morgan fingerprint density at radius 1 is 1.00 bits per heavy atom. The fourth-order valence-corrected chi connectivity index (χ4v) is 2.77. The molecule has 122 valence electrons. The van der Waals surface area contributed by atoms with Gasteiger partial charge >= 0.3 is 0 Å². The molecule has 4 heteroatoms. The summed E-state index contributed by atoms with van der Waals surface area (Å²) in [4.78, 5) is 0. The molecule has 0 amide bonds. The van der Waals surface area contributed by atoms with Crippen molar-refractivity contribution in [2.45, 2.75) is 19.3 Å². The summed E-state index contributed by atoms with van der Waals surface area (Å²) in [5.41, 5.74) is 2.39. The quantitative estimate of drug-likeness (QED) is 0.731. The highest BCUT2D eigenvalue weighted by Crippen LogP contribution is 2.14. The molecule has 23 heavy (non-hydrogen) atoms. The van der Waals surface area contributed by atoms with E-state index in [1.165, 1.54) is 11.1 Å². The van der Waals surface area contributed by atoms with Gasteiger partial charge in [-0.1, -0.05) is 42.5 Å². The summed E-state index contributed by atoms with van der Waals surface area (Å²) in [5.74, 6) is 1.19. The van der Waals surface area contributed by atoms with Crippen LogP contribution in [0.3, 0.4) is 0 Å². The Balaban J connectivity index is 1.42. The summed E-state index contributed by atoms with van der Waals surface area (Å²) < 4.78 is 5.79. The lowest BCUT2D eigenvalue weighted by atomic mass is 10.1. The number of aliphatic hydroxyl groups is 1. The highest BCUT2D eigenvalue weighted by atomic mass is 16.5. The van der Waals surface area contributed by atoms with E-state index in [2.05, 4.69) is 34.9 Å². The molecule has 2 unspecified atom stereocenters. The molecule has 0 spiro atoms. The van der Waals surface area contributed by atoms with Crippen LogP contribution in [0.25, 0.3) is 0 Å². The van der Waals surface area contributed by atoms with Crippen molar-refractivity contribution in [2.24, 2.45) is 5.92 Å². The molecule has 3 rings (SSSR count). The van der Waals surface area contributed by atoms with Crippen LogP contribution in [0.15, 0.2) is 54.6 Å². The summed E-state index contributed by atoms with van der Waals surface area (Å²) in [5, 5.41) is 16.4. The summed E-state index contributed by atoms with van der Waals surface area (Å²) >= 11 is 0. The van der Waals surface area contributed by atoms with Gasteiger partial charge in [-0.25, -0.2) is 0 Å². The van der Waals surface area contributed by atoms with Crippen LogP contribution in [-0.4, -0.2) is 30.8 Å². The Morgan fingerprint density at radius 3 is 2.48 bits per heavy atom. The fourth-order valence-electron chi connectivity index (χ4n) is 2.77. The first kappa shape index (κ1) is 16.0. The zero-order valence-electron chi connectivity index (χ0n) is 13.2. The first-order chi connectivity index (χ1) is 11.3. The number of hydrogen-bond donors (Lipinski definition) is 3. The van der Waals surface area contributed by atoms with Gasteiger partial charge in [-0.15, -0.1) is 0 Å². The molecular formula is C19H24N2O2. The maximum atomic E-state index is 9.76. The lowest BCUT2D eigenvalue weighted by Crippen LogP contribution is -2.30. The van der Waals surface area contributed by atoms with E-state index in [1.54, 1.807) is 0 Å². The molecule has 2 aromatic carbocycles. The second-order valence-corrected chi connectivity index (χ2v) is 6.03. The molecule has 2 aromatic rings. The SMILES string of the molecule is OC1CNCC1CNCc1ccc(OCc2ccccc2)cc1. The number of hydrogen-bond acceptors (Lipinski definition) is 4. The predicted molar refractivity (Wildman–Crippen MR) is 91.3 cm³/mol. The van der Waals surface area contributed by atoms with Crippen molar-refractivity contribution in [3.63, 3.8) is 0 Å². The van der Waals surface area contributed by atoms with Crippen LogP contribution in [-0.2, 0) is 13.2 Å². The number of ether oxygens (including phenoxy) is 1. The fraction of sp³-hybridized carbons (Fsp3) is 0.368. The monoisotopic (exact) mass is 312 g/mol. The molecule has 1 aliphatic rings. The molecule has 4 nitrogen and oxygen atoms in total. The van der Waals surface area contributed by atoms with Gasteiger partial charge in [-0.05, 0) is 23.3 Å². The third-order valence-electron chi connectivity index (χ3n) is 4.21. The van der Waals surface area contributed by atoms with Crippen LogP contribution >= 0.6 is 0 Å². The van der Waals surface area contributed by atoms with Crippen molar-refractivity contribution in [1.29, 1.82) is 0 Å². The van der Waals surface area contributed by atoms with Crippen LogP contribution in [0.1, 0.15) is 11.1 Å². The minimum atomic E-state index is -0.226. The molecule has 0 saturated carbocycles. The van der Waals surface area contributed by atoms with E-state index >= 15 is 0 Å². The van der Waals surface area contributed by atoms with Crippen molar-refractivity contribution >= 4 is 0 Å². The largest absolute Gasteiger partial charge is 0.489 e. The van der Waals surface area contributed by atoms with Crippen molar-refractivity contribution < 1.29 is 9.84 Å². The minimum absolute atomic E-state index is 0.226. The van der Waals surface area contributed by atoms with Gasteiger partial charge in [0.2, 0.25) is 0 Å². The maximum absolute atomic E-state index is 9.76. The Kier molecular flexibility index (Phi) is 5.64. The topological polar surface area (TPSA) is 53.5 Å². The van der Waals surface area contributed by atoms with Crippen LogP contribution in [0, 0.1) is 5.92 Å². The van der Waals surface area contributed by atoms with Crippen LogP contribution in [0.2, 0.25) is 0 Å². The molecule has 1 aliphatic heterocycles. The van der Waals surface area contributed by atoms with Gasteiger partial charge < -0.3 is 20.5 Å². The van der Waals surface area contributed by atoms with Gasteiger partial charge in [-0.3, -0.25) is 0 Å². The van der Waals surface area contributed by atoms with Crippen LogP contribution in [0.5, 0.6) is 5.75 Å². The standard InChI is InChI=1S/C19H24N2O2/c22-19-13-21-12-17(19)11-20-10-15-6-8-18(9-7-15)23-14-16-4-2-1-3-5-16/h1-9,17,19-22H,10-14H2. The molecule has 1 heterocycles. The number of rotatable bonds is 7. The first-order valence-corrected chi connectivity index (χ1v) is 8.16. The number of benzene rings is 2. The normalized spacial score (nSPS) is 20.6. The smallest absolute Gasteiger partial charge is 0.119 e. The zero-order chi connectivity index (χ0) is 15.9. The number of nitrogens with one attached hydrogen (secondary N) is 2. The van der Waals surface area contributed by atoms with Gasteiger partial charge in [0.25, 0.3) is 0 Å². The Hall–Kier alpha value is -1.88. The van der Waals surface area contributed by atoms with E-state index in [1.807, 2.05) is 30.3 Å². The van der Waals surface area contributed by atoms with E-state index in [-0.39, 0.29) is 6.10 Å². The second-order valence-electron chi connectivity index (χ2n) is 6.03. The van der Waals surface area contributed by atoms with Crippen LogP contribution < -0.4 is 15.4 Å². The summed E-state index contributed by atoms with van der Waals surface area (Å²) in [6, 6.07) is 18.3. The average Bonchev–Trinajstić information content (AvgIpc) is 3.00. The Labute approximate surface area is 137 Å². The molecule has 0 radical (unpaired) electrons. The molecule has 1 fully saturated rings. The molecule has 2 atom stereocenters. The summed E-state index contributed by atoms with van der Waals surface area (Å²) in [6.07, 6.45) is -0.226. The lowest BCUT2D eigenvalue weighted by Gasteiger charge is -2.14. The molecule has 3 N–H and O–H groups in total. The van der Waals surface area contributed by atoms with Gasteiger partial charge in [0.1, 0.15) is 12.4 Å². The van der Waals surface area contributed by atoms with Gasteiger partial charge in [-0.2, -0.15) is 0 Å². The number of aliphatic hydroxyl groups excluding tert-OH is 1. The van der Waals surface area contributed by atoms with Gasteiger partial charge in [0, 0.05) is 32.1 Å². The summed E-state index contributed by atoms with van der Waals surface area (Å²) in [7, 11) is 0. The summed E-state index contributed by atoms with van der Waals surface area (Å²) in [6.45, 7) is 3.83. The van der Waals surface area contributed by atoms with Crippen molar-refractivity contribution in [3.05, 3.63) is 65.7 Å². The lowest BCUT2D eigenvalue weighted by molar-refractivity contribution is 0.146. The minimum Gasteiger partial charge on any atom is -0.489 e. The maximum Gasteiger partial charge on any atom is 0.119 e. The van der Waals surface area contributed by atoms with Crippen LogP contribution in [0.4, 0.5) is 0 Å². The Bertz CT molecular complexity index is 586. The van der Waals surface area contributed by atoms with Crippen molar-refractivity contribution in [1.82, 2.24) is 10.6 Å². The zero-order valence-corrected chi connectivity index (χ0v) is 13.2. The molecule has 1 saturated heterocycles. The van der Waals surface area contributed by atoms with E-state index < -0.39 is 0 Å². The van der Waals surface area contributed by atoms with E-state index in [0.717, 1.165) is 25.4 Å². The highest BCUT2D eigenvalue weighted by molar-refractivity contribution is 5.27. The van der Waals surface area contributed by atoms with E-state index in [4.69, 9.17) is 4.74 Å². The number of β-amino-alcohol motifs (C(OH)–C–C–N with tert-alkyl or cyclic N) is 1. The predicted octanol–water partition coefficient (Wildman–Crippen LogP) is 1.94. The van der Waals surface area contributed by atoms with Gasteiger partial charge in [0.05, 0.1) is 6.10 Å². The second kappa shape index (κ2) is 8.11. The average molecular weight is 312 g/mol. The first-order valence-electron chi connectivity index (χ1n) is 8.16. The molecule has 0 aliphatic carbocycles. The molecule has 0 aromatic heterocycles. The van der Waals surface area contributed by atoms with Gasteiger partial charge in [0.15, 0.2) is 0 Å². The van der Waals surface area contributed by atoms with Crippen molar-refractivity contribution in [3.8, 4) is 5.75 Å². The molecular weight excluding hydrogens is 288 g/mol. The molecule has 0 bridgehead atoms.